The van der Waals surface area contributed by atoms with Gasteiger partial charge in [-0.15, -0.1) is 24.0 Å². The molecule has 2 aromatic rings. The maximum atomic E-state index is 5.97. The highest BCUT2D eigenvalue weighted by Crippen LogP contribution is 2.27. The largest absolute Gasteiger partial charge is 0.493 e. The average molecular weight is 527 g/mol. The van der Waals surface area contributed by atoms with E-state index in [1.54, 1.807) is 20.3 Å². The molecular weight excluding hydrogens is 506 g/mol. The number of ether oxygens (including phenoxy) is 3. The molecule has 27 heavy (non-hydrogen) atoms. The molecule has 0 bridgehead atoms. The number of methoxy groups -OCH3 is 2. The monoisotopic (exact) mass is 526 g/mol. The molecule has 0 radical (unpaired) electrons. The summed E-state index contributed by atoms with van der Waals surface area (Å²) in [6, 6.07) is 7.14. The fourth-order valence-corrected chi connectivity index (χ4v) is 2.48. The van der Waals surface area contributed by atoms with Crippen LogP contribution in [0.2, 0.25) is 10.0 Å². The molecule has 0 aliphatic carbocycles. The highest BCUT2D eigenvalue weighted by Gasteiger charge is 2.05. The van der Waals surface area contributed by atoms with E-state index in [1.165, 1.54) is 6.20 Å². The number of nitrogens with zero attached hydrogens (tertiary/aromatic N) is 2. The van der Waals surface area contributed by atoms with Crippen molar-refractivity contribution in [1.82, 2.24) is 10.3 Å². The highest BCUT2D eigenvalue weighted by molar-refractivity contribution is 14.0. The Kier molecular flexibility index (Phi) is 10.3. The van der Waals surface area contributed by atoms with Crippen molar-refractivity contribution >= 4 is 53.1 Å². The third kappa shape index (κ3) is 7.47. The second kappa shape index (κ2) is 11.9. The number of aliphatic imine (C=N–C) groups is 1. The van der Waals surface area contributed by atoms with Crippen LogP contribution in [-0.2, 0) is 6.54 Å². The lowest BCUT2D eigenvalue weighted by Crippen LogP contribution is -2.34. The summed E-state index contributed by atoms with van der Waals surface area (Å²) in [6.07, 6.45) is 1.47. The van der Waals surface area contributed by atoms with Gasteiger partial charge in [0.2, 0.25) is 5.88 Å². The number of pyridine rings is 1. The number of nitrogens with one attached hydrogen (secondary N) is 1. The Morgan fingerprint density at radius 3 is 2.59 bits per heavy atom. The molecule has 1 aromatic heterocycles. The lowest BCUT2D eigenvalue weighted by Gasteiger charge is -2.10. The van der Waals surface area contributed by atoms with E-state index in [0.29, 0.717) is 53.1 Å². The van der Waals surface area contributed by atoms with Crippen LogP contribution >= 0.6 is 47.2 Å². The van der Waals surface area contributed by atoms with E-state index in [1.807, 2.05) is 18.2 Å². The second-order valence-electron chi connectivity index (χ2n) is 5.11. The van der Waals surface area contributed by atoms with Crippen molar-refractivity contribution in [3.63, 3.8) is 0 Å². The molecule has 0 saturated carbocycles. The molecule has 0 aliphatic rings. The number of halogens is 3. The van der Waals surface area contributed by atoms with E-state index >= 15 is 0 Å². The molecule has 0 atom stereocenters. The van der Waals surface area contributed by atoms with Crippen LogP contribution in [0.5, 0.6) is 17.4 Å². The molecule has 2 rings (SSSR count). The zero-order valence-corrected chi connectivity index (χ0v) is 18.7. The predicted molar refractivity (Wildman–Crippen MR) is 118 cm³/mol. The predicted octanol–water partition coefficient (Wildman–Crippen LogP) is 3.51. The number of aromatic nitrogens is 1. The van der Waals surface area contributed by atoms with Crippen molar-refractivity contribution in [1.29, 1.82) is 0 Å². The van der Waals surface area contributed by atoms with E-state index in [2.05, 4.69) is 15.3 Å². The van der Waals surface area contributed by atoms with Crippen molar-refractivity contribution in [3.05, 3.63) is 46.1 Å². The van der Waals surface area contributed by atoms with Gasteiger partial charge in [-0.05, 0) is 23.8 Å². The zero-order valence-electron chi connectivity index (χ0n) is 14.9. The molecule has 0 amide bonds. The van der Waals surface area contributed by atoms with Crippen LogP contribution in [0.4, 0.5) is 0 Å². The first-order valence-corrected chi connectivity index (χ1v) is 8.47. The van der Waals surface area contributed by atoms with E-state index < -0.39 is 0 Å². The van der Waals surface area contributed by atoms with Crippen LogP contribution in [0.3, 0.4) is 0 Å². The Morgan fingerprint density at radius 2 is 1.93 bits per heavy atom. The van der Waals surface area contributed by atoms with Crippen molar-refractivity contribution in [2.75, 3.05) is 27.4 Å². The summed E-state index contributed by atoms with van der Waals surface area (Å²) in [5.74, 6) is 1.93. The molecule has 7 nitrogen and oxygen atoms in total. The summed E-state index contributed by atoms with van der Waals surface area (Å²) in [4.78, 5) is 8.27. The molecule has 10 heteroatoms. The van der Waals surface area contributed by atoms with Gasteiger partial charge in [0.05, 0.1) is 32.3 Å². The Balaban J connectivity index is 0.00000364. The summed E-state index contributed by atoms with van der Waals surface area (Å²) >= 11 is 11.8. The Morgan fingerprint density at radius 1 is 1.19 bits per heavy atom. The zero-order chi connectivity index (χ0) is 18.9. The van der Waals surface area contributed by atoms with Crippen molar-refractivity contribution < 1.29 is 14.2 Å². The fourth-order valence-electron chi connectivity index (χ4n) is 2.05. The van der Waals surface area contributed by atoms with Crippen LogP contribution in [0.25, 0.3) is 0 Å². The van der Waals surface area contributed by atoms with Gasteiger partial charge in [0.15, 0.2) is 17.5 Å². The molecule has 0 spiro atoms. The molecule has 0 fully saturated rings. The minimum atomic E-state index is 0. The van der Waals surface area contributed by atoms with Gasteiger partial charge in [-0.1, -0.05) is 29.3 Å². The summed E-state index contributed by atoms with van der Waals surface area (Å²) in [5, 5.41) is 3.76. The molecule has 1 heterocycles. The van der Waals surface area contributed by atoms with Gasteiger partial charge in [-0.3, -0.25) is 0 Å². The first kappa shape index (κ1) is 23.4. The quantitative estimate of drug-likeness (QED) is 0.237. The van der Waals surface area contributed by atoms with Crippen LogP contribution in [0, 0.1) is 0 Å². The van der Waals surface area contributed by atoms with Gasteiger partial charge in [0, 0.05) is 6.20 Å². The molecule has 1 aromatic carbocycles. The van der Waals surface area contributed by atoms with Crippen molar-refractivity contribution in [2.24, 2.45) is 10.7 Å². The topological polar surface area (TPSA) is 91.0 Å². The molecule has 3 N–H and O–H groups in total. The highest BCUT2D eigenvalue weighted by atomic mass is 127. The molecular formula is C17H21Cl2IN4O3. The van der Waals surface area contributed by atoms with Gasteiger partial charge < -0.3 is 25.3 Å². The Bertz CT molecular complexity index is 778. The second-order valence-corrected chi connectivity index (χ2v) is 5.95. The maximum absolute atomic E-state index is 5.97. The Hall–Kier alpha value is -1.65. The summed E-state index contributed by atoms with van der Waals surface area (Å²) in [6.45, 7) is 1.17. The SMILES string of the molecule is COc1ccc(CN=C(N)NCCOc2ncc(Cl)cc2Cl)cc1OC.I. The number of nitrogens with two attached hydrogens (primary N) is 1. The van der Waals surface area contributed by atoms with Gasteiger partial charge in [0.25, 0.3) is 0 Å². The van der Waals surface area contributed by atoms with Crippen molar-refractivity contribution in [2.45, 2.75) is 6.54 Å². The lowest BCUT2D eigenvalue weighted by molar-refractivity contribution is 0.310. The van der Waals surface area contributed by atoms with Crippen LogP contribution in [-0.4, -0.2) is 38.3 Å². The fraction of sp³-hybridized carbons (Fsp3) is 0.294. The average Bonchev–Trinajstić information content (AvgIpc) is 2.64. The van der Waals surface area contributed by atoms with Crippen molar-refractivity contribution in [3.8, 4) is 17.4 Å². The lowest BCUT2D eigenvalue weighted by atomic mass is 10.2. The normalized spacial score (nSPS) is 10.7. The van der Waals surface area contributed by atoms with E-state index in [-0.39, 0.29) is 24.0 Å². The van der Waals surface area contributed by atoms with Gasteiger partial charge in [-0.2, -0.15) is 0 Å². The number of hydrogen-bond acceptors (Lipinski definition) is 5. The number of guanidine groups is 1. The van der Waals surface area contributed by atoms with E-state index in [9.17, 15) is 0 Å². The first-order chi connectivity index (χ1) is 12.5. The minimum Gasteiger partial charge on any atom is -0.493 e. The molecule has 148 valence electrons. The smallest absolute Gasteiger partial charge is 0.232 e. The van der Waals surface area contributed by atoms with Crippen LogP contribution < -0.4 is 25.3 Å². The Labute approximate surface area is 185 Å². The van der Waals surface area contributed by atoms with Gasteiger partial charge >= 0.3 is 0 Å². The standard InChI is InChI=1S/C17H20Cl2N4O3.HI/c1-24-14-4-3-11(7-15(14)25-2)9-23-17(20)21-5-6-26-16-13(19)8-12(18)10-22-16;/h3-4,7-8,10H,5-6,9H2,1-2H3,(H3,20,21,23);1H. The summed E-state index contributed by atoms with van der Waals surface area (Å²) < 4.78 is 15.9. The molecule has 0 unspecified atom stereocenters. The van der Waals surface area contributed by atoms with E-state index in [0.717, 1.165) is 5.56 Å². The van der Waals surface area contributed by atoms with Gasteiger partial charge in [-0.25, -0.2) is 9.98 Å². The number of benzene rings is 1. The minimum absolute atomic E-state index is 0. The first-order valence-electron chi connectivity index (χ1n) is 7.72. The third-order valence-corrected chi connectivity index (χ3v) is 3.78. The summed E-state index contributed by atoms with van der Waals surface area (Å²) in [7, 11) is 3.18. The van der Waals surface area contributed by atoms with Gasteiger partial charge in [0.1, 0.15) is 11.6 Å². The van der Waals surface area contributed by atoms with E-state index in [4.69, 9.17) is 43.1 Å². The number of rotatable bonds is 8. The third-order valence-electron chi connectivity index (χ3n) is 3.30. The summed E-state index contributed by atoms with van der Waals surface area (Å²) in [5.41, 5.74) is 6.79. The maximum Gasteiger partial charge on any atom is 0.232 e. The van der Waals surface area contributed by atoms with Crippen LogP contribution in [0.1, 0.15) is 5.56 Å². The molecule has 0 saturated heterocycles. The van der Waals surface area contributed by atoms with Crippen LogP contribution in [0.15, 0.2) is 35.5 Å². The molecule has 0 aliphatic heterocycles. The number of hydrogen-bond donors (Lipinski definition) is 2.